The number of ether oxygens (including phenoxy) is 1. The highest BCUT2D eigenvalue weighted by Gasteiger charge is 2.42. The van der Waals surface area contributed by atoms with Crippen LogP contribution in [0.4, 0.5) is 0 Å². The Labute approximate surface area is 139 Å². The Morgan fingerprint density at radius 3 is 2.78 bits per heavy atom. The highest BCUT2D eigenvalue weighted by Crippen LogP contribution is 2.51. The van der Waals surface area contributed by atoms with E-state index in [0.29, 0.717) is 11.5 Å². The number of esters is 1. The van der Waals surface area contributed by atoms with Crippen LogP contribution in [0.1, 0.15) is 60.3 Å². The highest BCUT2D eigenvalue weighted by atomic mass is 16.5. The Morgan fingerprint density at radius 2 is 2.13 bits per heavy atom. The zero-order chi connectivity index (χ0) is 17.2. The largest absolute Gasteiger partial charge is 0.458 e. The van der Waals surface area contributed by atoms with E-state index in [1.807, 2.05) is 19.9 Å². The summed E-state index contributed by atoms with van der Waals surface area (Å²) in [4.78, 5) is 24.3. The van der Waals surface area contributed by atoms with Gasteiger partial charge in [-0.25, -0.2) is 4.79 Å². The molecule has 23 heavy (non-hydrogen) atoms. The molecule has 0 amide bonds. The zero-order valence-corrected chi connectivity index (χ0v) is 15.0. The molecule has 0 N–H and O–H groups in total. The van der Waals surface area contributed by atoms with E-state index in [-0.39, 0.29) is 23.8 Å². The fraction of sp³-hybridized carbons (Fsp3) is 0.600. The molecule has 2 unspecified atom stereocenters. The van der Waals surface area contributed by atoms with Crippen molar-refractivity contribution < 1.29 is 14.3 Å². The second-order valence-electron chi connectivity index (χ2n) is 7.23. The van der Waals surface area contributed by atoms with E-state index in [9.17, 15) is 9.59 Å². The summed E-state index contributed by atoms with van der Waals surface area (Å²) < 4.78 is 5.32. The van der Waals surface area contributed by atoms with Gasteiger partial charge in [0, 0.05) is 11.1 Å². The number of hydrogen-bond acceptors (Lipinski definition) is 3. The average molecular weight is 316 g/mol. The van der Waals surface area contributed by atoms with Gasteiger partial charge in [0.15, 0.2) is 5.78 Å². The predicted molar refractivity (Wildman–Crippen MR) is 91.9 cm³/mol. The van der Waals surface area contributed by atoms with Crippen molar-refractivity contribution in [2.24, 2.45) is 11.3 Å². The van der Waals surface area contributed by atoms with Crippen molar-refractivity contribution in [1.82, 2.24) is 0 Å². The minimum Gasteiger partial charge on any atom is -0.458 e. The van der Waals surface area contributed by atoms with Gasteiger partial charge >= 0.3 is 5.97 Å². The average Bonchev–Trinajstić information content (AvgIpc) is 2.53. The lowest BCUT2D eigenvalue weighted by Gasteiger charge is -2.45. The molecular weight excluding hydrogens is 288 g/mol. The standard InChI is InChI=1S/C20H28O3/c1-6-13(2)19(22)23-12-14(3)17-11-20(5)15(4)8-7-9-16(20)10-18(17)21/h6,10,15H,7-9,11-12H2,1-5H3. The fourth-order valence-electron chi connectivity index (χ4n) is 3.60. The van der Waals surface area contributed by atoms with Gasteiger partial charge in [0.2, 0.25) is 0 Å². The molecule has 2 atom stereocenters. The number of carbonyl (C=O) groups is 2. The summed E-state index contributed by atoms with van der Waals surface area (Å²) in [5.74, 6) is 0.360. The van der Waals surface area contributed by atoms with Crippen LogP contribution in [0.3, 0.4) is 0 Å². The minimum atomic E-state index is -0.316. The number of rotatable bonds is 3. The number of hydrogen-bond donors (Lipinski definition) is 0. The van der Waals surface area contributed by atoms with Crippen molar-refractivity contribution in [1.29, 1.82) is 0 Å². The summed E-state index contributed by atoms with van der Waals surface area (Å²) in [6.45, 7) is 10.2. The van der Waals surface area contributed by atoms with Crippen LogP contribution < -0.4 is 0 Å². The Kier molecular flexibility index (Phi) is 5.28. The van der Waals surface area contributed by atoms with Gasteiger partial charge in [-0.05, 0) is 69.4 Å². The van der Waals surface area contributed by atoms with Gasteiger partial charge in [0.1, 0.15) is 6.61 Å². The van der Waals surface area contributed by atoms with Crippen LogP contribution in [-0.4, -0.2) is 18.4 Å². The molecular formula is C20H28O3. The fourth-order valence-corrected chi connectivity index (χ4v) is 3.60. The number of ketones is 1. The molecule has 2 aliphatic rings. The van der Waals surface area contributed by atoms with Gasteiger partial charge < -0.3 is 4.74 Å². The summed E-state index contributed by atoms with van der Waals surface area (Å²) in [5, 5.41) is 0. The normalized spacial score (nSPS) is 30.5. The molecule has 1 saturated carbocycles. The van der Waals surface area contributed by atoms with Crippen molar-refractivity contribution in [3.8, 4) is 0 Å². The lowest BCUT2D eigenvalue weighted by molar-refractivity contribution is -0.138. The third-order valence-electron chi connectivity index (χ3n) is 5.74. The van der Waals surface area contributed by atoms with E-state index < -0.39 is 0 Å². The number of carbonyl (C=O) groups excluding carboxylic acids is 2. The van der Waals surface area contributed by atoms with Gasteiger partial charge in [-0.2, -0.15) is 0 Å². The summed E-state index contributed by atoms with van der Waals surface area (Å²) in [5.41, 5.74) is 3.68. The molecule has 0 aromatic rings. The van der Waals surface area contributed by atoms with E-state index in [2.05, 4.69) is 13.8 Å². The lowest BCUT2D eigenvalue weighted by atomic mass is 9.59. The Balaban J connectivity index is 2.20. The number of fused-ring (bicyclic) bond motifs is 1. The molecule has 0 aliphatic heterocycles. The van der Waals surface area contributed by atoms with Crippen LogP contribution in [-0.2, 0) is 14.3 Å². The first-order valence-electron chi connectivity index (χ1n) is 8.53. The lowest BCUT2D eigenvalue weighted by Crippen LogP contribution is -2.36. The monoisotopic (exact) mass is 316 g/mol. The maximum atomic E-state index is 12.5. The molecule has 0 saturated heterocycles. The third kappa shape index (κ3) is 3.49. The van der Waals surface area contributed by atoms with E-state index in [0.717, 1.165) is 24.0 Å². The molecule has 0 aromatic carbocycles. The molecule has 2 aliphatic carbocycles. The molecule has 1 fully saturated rings. The molecule has 3 nitrogen and oxygen atoms in total. The van der Waals surface area contributed by atoms with Crippen LogP contribution in [0.25, 0.3) is 0 Å². The van der Waals surface area contributed by atoms with E-state index in [1.54, 1.807) is 13.0 Å². The predicted octanol–water partition coefficient (Wildman–Crippen LogP) is 4.54. The van der Waals surface area contributed by atoms with Gasteiger partial charge in [-0.1, -0.05) is 25.5 Å². The van der Waals surface area contributed by atoms with Gasteiger partial charge in [0.05, 0.1) is 0 Å². The molecule has 2 rings (SSSR count). The molecule has 0 aromatic heterocycles. The summed E-state index contributed by atoms with van der Waals surface area (Å²) in [6, 6.07) is 0. The molecule has 0 radical (unpaired) electrons. The SMILES string of the molecule is CC=C(C)C(=O)OCC(C)=C1CC2(C)C(=CC1=O)CCCC2C. The van der Waals surface area contributed by atoms with Crippen LogP contribution in [0.2, 0.25) is 0 Å². The van der Waals surface area contributed by atoms with Crippen molar-refractivity contribution in [2.45, 2.75) is 60.3 Å². The van der Waals surface area contributed by atoms with Crippen molar-refractivity contribution in [3.63, 3.8) is 0 Å². The quantitative estimate of drug-likeness (QED) is 0.567. The summed E-state index contributed by atoms with van der Waals surface area (Å²) in [6.07, 6.45) is 7.77. The maximum absolute atomic E-state index is 12.5. The summed E-state index contributed by atoms with van der Waals surface area (Å²) in [7, 11) is 0. The third-order valence-corrected chi connectivity index (χ3v) is 5.74. The van der Waals surface area contributed by atoms with Crippen LogP contribution in [0.15, 0.2) is 34.4 Å². The maximum Gasteiger partial charge on any atom is 0.333 e. The molecule has 126 valence electrons. The van der Waals surface area contributed by atoms with Crippen molar-refractivity contribution in [2.75, 3.05) is 6.61 Å². The summed E-state index contributed by atoms with van der Waals surface area (Å²) >= 11 is 0. The Hall–Kier alpha value is -1.64. The molecule has 0 spiro atoms. The van der Waals surface area contributed by atoms with Crippen molar-refractivity contribution >= 4 is 11.8 Å². The second kappa shape index (κ2) is 6.86. The Bertz CT molecular complexity index is 606. The van der Waals surface area contributed by atoms with Gasteiger partial charge in [-0.15, -0.1) is 0 Å². The van der Waals surface area contributed by atoms with Crippen molar-refractivity contribution in [3.05, 3.63) is 34.4 Å². The van der Waals surface area contributed by atoms with Gasteiger partial charge in [0.25, 0.3) is 0 Å². The number of allylic oxidation sites excluding steroid dienone is 4. The molecule has 0 heterocycles. The second-order valence-corrected chi connectivity index (χ2v) is 7.23. The topological polar surface area (TPSA) is 43.4 Å². The highest BCUT2D eigenvalue weighted by molar-refractivity contribution is 6.06. The first kappa shape index (κ1) is 17.7. The van der Waals surface area contributed by atoms with Crippen LogP contribution in [0.5, 0.6) is 0 Å². The van der Waals surface area contributed by atoms with E-state index in [4.69, 9.17) is 4.74 Å². The first-order valence-corrected chi connectivity index (χ1v) is 8.53. The van der Waals surface area contributed by atoms with Gasteiger partial charge in [-0.3, -0.25) is 4.79 Å². The first-order chi connectivity index (χ1) is 10.8. The van der Waals surface area contributed by atoms with E-state index >= 15 is 0 Å². The zero-order valence-electron chi connectivity index (χ0n) is 15.0. The minimum absolute atomic E-state index is 0.0754. The molecule has 3 heteroatoms. The molecule has 0 bridgehead atoms. The smallest absolute Gasteiger partial charge is 0.333 e. The van der Waals surface area contributed by atoms with Crippen LogP contribution >= 0.6 is 0 Å². The van der Waals surface area contributed by atoms with E-state index in [1.165, 1.54) is 18.4 Å². The van der Waals surface area contributed by atoms with Crippen LogP contribution in [0, 0.1) is 11.3 Å². The Morgan fingerprint density at radius 1 is 1.43 bits per heavy atom.